The number of rotatable bonds is 5. The second-order valence-corrected chi connectivity index (χ2v) is 11.9. The molecule has 0 saturated heterocycles. The summed E-state index contributed by atoms with van der Waals surface area (Å²) < 4.78 is 16.8. The molecule has 0 unspecified atom stereocenters. The Labute approximate surface area is 276 Å². The van der Waals surface area contributed by atoms with Crippen LogP contribution in [-0.4, -0.2) is 16.2 Å². The molecular formula is C38H38IrN3S. The second-order valence-electron chi connectivity index (χ2n) is 10.9. The molecule has 2 aromatic carbocycles. The largest absolute Gasteiger partial charge is 3.00 e. The van der Waals surface area contributed by atoms with E-state index >= 15 is 0 Å². The summed E-state index contributed by atoms with van der Waals surface area (Å²) in [7, 11) is 0. The first-order valence-corrected chi connectivity index (χ1v) is 15.7. The third kappa shape index (κ3) is 8.44. The first-order valence-electron chi connectivity index (χ1n) is 15.9. The van der Waals surface area contributed by atoms with Crippen LogP contribution in [0.15, 0.2) is 97.3 Å². The van der Waals surface area contributed by atoms with Crippen molar-refractivity contribution in [2.24, 2.45) is 5.92 Å². The van der Waals surface area contributed by atoms with Crippen LogP contribution in [0, 0.1) is 25.0 Å². The van der Waals surface area contributed by atoms with Gasteiger partial charge in [0.15, 0.2) is 0 Å². The zero-order valence-corrected chi connectivity index (χ0v) is 27.8. The van der Waals surface area contributed by atoms with Gasteiger partial charge in [0.25, 0.3) is 0 Å². The van der Waals surface area contributed by atoms with E-state index in [9.17, 15) is 0 Å². The van der Waals surface area contributed by atoms with Gasteiger partial charge in [0.2, 0.25) is 0 Å². The van der Waals surface area contributed by atoms with Gasteiger partial charge in [0.05, 0.1) is 2.74 Å². The Hall–Kier alpha value is -3.24. The third-order valence-electron chi connectivity index (χ3n) is 8.22. The van der Waals surface area contributed by atoms with Gasteiger partial charge in [-0.05, 0) is 83.5 Å². The average Bonchev–Trinajstić information content (AvgIpc) is 3.84. The van der Waals surface area contributed by atoms with Gasteiger partial charge in [-0.25, -0.2) is 4.98 Å². The normalized spacial score (nSPS) is 15.9. The number of benzene rings is 2. The van der Waals surface area contributed by atoms with Gasteiger partial charge in [-0.1, -0.05) is 61.9 Å². The van der Waals surface area contributed by atoms with Crippen LogP contribution in [0.4, 0.5) is 0 Å². The Morgan fingerprint density at radius 3 is 2.53 bits per heavy atom. The Morgan fingerprint density at radius 1 is 1.07 bits per heavy atom. The minimum absolute atomic E-state index is 0. The average molecular weight is 763 g/mol. The van der Waals surface area contributed by atoms with Crippen LogP contribution in [-0.2, 0) is 20.1 Å². The van der Waals surface area contributed by atoms with Gasteiger partial charge in [0, 0.05) is 12.4 Å². The molecule has 0 spiro atoms. The van der Waals surface area contributed by atoms with Crippen LogP contribution >= 0.6 is 11.3 Å². The molecule has 3 nitrogen and oxygen atoms in total. The van der Waals surface area contributed by atoms with Crippen molar-refractivity contribution in [1.29, 1.82) is 0 Å². The number of allylic oxidation sites excluding steroid dienone is 3. The van der Waals surface area contributed by atoms with Gasteiger partial charge in [-0.3, -0.25) is 0 Å². The van der Waals surface area contributed by atoms with E-state index in [0.717, 1.165) is 32.6 Å². The minimum Gasteiger partial charge on any atom is -0.811 e. The Balaban J connectivity index is 0.000000169. The van der Waals surface area contributed by atoms with E-state index in [1.807, 2.05) is 42.6 Å². The zero-order valence-electron chi connectivity index (χ0n) is 26.6. The topological polar surface area (TPSA) is 48.1 Å². The van der Waals surface area contributed by atoms with Crippen LogP contribution < -0.4 is 0 Å². The van der Waals surface area contributed by atoms with E-state index in [1.54, 1.807) is 23.6 Å². The number of pyridine rings is 2. The van der Waals surface area contributed by atoms with Crippen molar-refractivity contribution in [3.8, 4) is 11.3 Å². The predicted molar refractivity (Wildman–Crippen MR) is 180 cm³/mol. The molecule has 2 aliphatic rings. The molecule has 2 fully saturated rings. The molecule has 0 N–H and O–H groups in total. The van der Waals surface area contributed by atoms with Gasteiger partial charge >= 0.3 is 20.1 Å². The summed E-state index contributed by atoms with van der Waals surface area (Å²) in [6.07, 6.45) is 18.9. The smallest absolute Gasteiger partial charge is 0.811 e. The van der Waals surface area contributed by atoms with Gasteiger partial charge in [0.1, 0.15) is 4.83 Å². The molecular weight excluding hydrogens is 723 g/mol. The fraction of sp³-hybridized carbons (Fsp3) is 0.289. The van der Waals surface area contributed by atoms with Crippen molar-refractivity contribution in [2.75, 3.05) is 0 Å². The van der Waals surface area contributed by atoms with Gasteiger partial charge in [-0.15, -0.1) is 35.1 Å². The molecule has 0 bridgehead atoms. The van der Waals surface area contributed by atoms with E-state index < -0.39 is 0 Å². The first kappa shape index (κ1) is 29.8. The fourth-order valence-corrected chi connectivity index (χ4v) is 7.15. The quantitative estimate of drug-likeness (QED) is 0.102. The third-order valence-corrected chi connectivity index (χ3v) is 9.28. The van der Waals surface area contributed by atoms with Crippen LogP contribution in [0.5, 0.6) is 0 Å². The van der Waals surface area contributed by atoms with E-state index in [-0.39, 0.29) is 32.2 Å². The molecule has 0 atom stereocenters. The van der Waals surface area contributed by atoms with E-state index in [4.69, 9.17) is 8.15 Å². The van der Waals surface area contributed by atoms with E-state index in [2.05, 4.69) is 47.7 Å². The Morgan fingerprint density at radius 2 is 1.81 bits per heavy atom. The zero-order chi connectivity index (χ0) is 30.9. The van der Waals surface area contributed by atoms with Crippen molar-refractivity contribution < 1.29 is 22.8 Å². The van der Waals surface area contributed by atoms with Crippen molar-refractivity contribution in [1.82, 2.24) is 9.97 Å². The molecule has 0 aliphatic heterocycles. The standard InChI is InChI=1S/C17H11N2S.C11H13.C10H14N.Ir/c1-11-7-9-19-17-16(11)13-6-5-12(10-15(13)20-17)14-4-2-3-8-18-14;1-2-6-10(7-3-1)11-8-4-5-9-11;1-2-9(7-8-11)10-5-3-4-6-10;/h2-4,6-10H,1H3;2-3,6-7,11H,4-5,8-9H2;2,7-8,10H,1,3-6H2;/q3*-1;+3/b;;9-7+;/i2D,4D;;;. The summed E-state index contributed by atoms with van der Waals surface area (Å²) in [6, 6.07) is 22.5. The van der Waals surface area contributed by atoms with Crippen LogP contribution in [0.2, 0.25) is 0 Å². The molecule has 2 aliphatic carbocycles. The monoisotopic (exact) mass is 763 g/mol. The van der Waals surface area contributed by atoms with E-state index in [1.165, 1.54) is 79.5 Å². The molecule has 7 rings (SSSR count). The maximum absolute atomic E-state index is 8.58. The van der Waals surface area contributed by atoms with Gasteiger partial charge < -0.3 is 10.4 Å². The SMILES string of the molecule is C=C/C(=C\C=[N-])C1CCCC1.[2H]c1ccnc(-c2[c-]cc3c(c2)sc2nccc(C)c23)c1[2H].[Ir+3].[c-]1ccc(C2CCCC2)cc1. The van der Waals surface area contributed by atoms with Crippen LogP contribution in [0.3, 0.4) is 0 Å². The molecule has 0 radical (unpaired) electrons. The Kier molecular flexibility index (Phi) is 11.5. The summed E-state index contributed by atoms with van der Waals surface area (Å²) in [6.45, 7) is 5.81. The first-order chi connectivity index (χ1) is 21.5. The fourth-order valence-electron chi connectivity index (χ4n) is 6.01. The number of hydrogen-bond acceptors (Lipinski definition) is 3. The number of aromatic nitrogens is 2. The van der Waals surface area contributed by atoms with Crippen molar-refractivity contribution >= 4 is 37.9 Å². The summed E-state index contributed by atoms with van der Waals surface area (Å²) in [5, 5.41) is 10.9. The molecule has 2 saturated carbocycles. The number of fused-ring (bicyclic) bond motifs is 3. The maximum Gasteiger partial charge on any atom is 3.00 e. The van der Waals surface area contributed by atoms with Crippen molar-refractivity contribution in [3.05, 3.63) is 126 Å². The molecule has 3 heterocycles. The van der Waals surface area contributed by atoms with Crippen molar-refractivity contribution in [3.63, 3.8) is 0 Å². The molecule has 43 heavy (non-hydrogen) atoms. The second kappa shape index (κ2) is 16.6. The maximum atomic E-state index is 8.58. The van der Waals surface area contributed by atoms with Crippen LogP contribution in [0.25, 0.3) is 37.0 Å². The van der Waals surface area contributed by atoms with Gasteiger partial charge in [-0.2, -0.15) is 42.1 Å². The van der Waals surface area contributed by atoms with E-state index in [0.29, 0.717) is 11.6 Å². The number of thiophene rings is 1. The van der Waals surface area contributed by atoms with Crippen molar-refractivity contribution in [2.45, 2.75) is 64.2 Å². The van der Waals surface area contributed by atoms with Crippen LogP contribution in [0.1, 0.15) is 71.2 Å². The predicted octanol–water partition coefficient (Wildman–Crippen LogP) is 10.7. The number of hydrogen-bond donors (Lipinski definition) is 0. The molecule has 5 heteroatoms. The molecule has 0 amide bonds. The summed E-state index contributed by atoms with van der Waals surface area (Å²) in [5.74, 6) is 1.50. The molecule has 220 valence electrons. The Bertz CT molecular complexity index is 1750. The number of nitrogens with zero attached hydrogens (tertiary/aromatic N) is 3. The number of aryl methyl sites for hydroxylation is 1. The summed E-state index contributed by atoms with van der Waals surface area (Å²) in [4.78, 5) is 9.68. The summed E-state index contributed by atoms with van der Waals surface area (Å²) >= 11 is 1.63. The minimum atomic E-state index is 0. The summed E-state index contributed by atoms with van der Waals surface area (Å²) in [5.41, 5.74) is 5.14. The molecule has 3 aromatic heterocycles. The molecule has 5 aromatic rings.